The molecule has 0 spiro atoms. The SMILES string of the molecule is O=C(CCc1ccccc1F)Nc1ccc(OC(F)F)cc1. The molecule has 2 rings (SSSR count). The second-order valence-electron chi connectivity index (χ2n) is 4.54. The first-order chi connectivity index (χ1) is 10.5. The van der Waals surface area contributed by atoms with Crippen LogP contribution in [0.2, 0.25) is 0 Å². The van der Waals surface area contributed by atoms with E-state index in [2.05, 4.69) is 10.1 Å². The van der Waals surface area contributed by atoms with Crippen molar-refractivity contribution in [3.05, 3.63) is 59.9 Å². The monoisotopic (exact) mass is 309 g/mol. The van der Waals surface area contributed by atoms with E-state index in [0.29, 0.717) is 11.3 Å². The van der Waals surface area contributed by atoms with Gasteiger partial charge in [-0.1, -0.05) is 18.2 Å². The zero-order chi connectivity index (χ0) is 15.9. The van der Waals surface area contributed by atoms with E-state index in [-0.39, 0.29) is 30.3 Å². The van der Waals surface area contributed by atoms with E-state index in [9.17, 15) is 18.0 Å². The minimum atomic E-state index is -2.89. The minimum Gasteiger partial charge on any atom is -0.435 e. The molecule has 0 aliphatic heterocycles. The summed E-state index contributed by atoms with van der Waals surface area (Å²) in [5.74, 6) is -0.617. The third kappa shape index (κ3) is 4.80. The van der Waals surface area contributed by atoms with E-state index >= 15 is 0 Å². The van der Waals surface area contributed by atoms with Crippen LogP contribution in [0.4, 0.5) is 18.9 Å². The molecule has 0 radical (unpaired) electrons. The van der Waals surface area contributed by atoms with E-state index in [1.54, 1.807) is 18.2 Å². The summed E-state index contributed by atoms with van der Waals surface area (Å²) in [6.07, 6.45) is 0.404. The summed E-state index contributed by atoms with van der Waals surface area (Å²) >= 11 is 0. The zero-order valence-corrected chi connectivity index (χ0v) is 11.6. The number of amides is 1. The van der Waals surface area contributed by atoms with Gasteiger partial charge in [-0.3, -0.25) is 4.79 Å². The van der Waals surface area contributed by atoms with Gasteiger partial charge in [-0.05, 0) is 42.3 Å². The molecule has 0 saturated carbocycles. The predicted octanol–water partition coefficient (Wildman–Crippen LogP) is 4.00. The number of rotatable bonds is 6. The Bertz CT molecular complexity index is 630. The van der Waals surface area contributed by atoms with Crippen LogP contribution in [0.25, 0.3) is 0 Å². The highest BCUT2D eigenvalue weighted by Gasteiger charge is 2.07. The van der Waals surface area contributed by atoms with Gasteiger partial charge in [0, 0.05) is 12.1 Å². The van der Waals surface area contributed by atoms with E-state index in [0.717, 1.165) is 0 Å². The number of carbonyl (C=O) groups is 1. The van der Waals surface area contributed by atoms with Crippen LogP contribution in [0, 0.1) is 5.82 Å². The molecule has 0 aliphatic carbocycles. The summed E-state index contributed by atoms with van der Waals surface area (Å²) in [4.78, 5) is 11.8. The Balaban J connectivity index is 1.85. The number of hydrogen-bond donors (Lipinski definition) is 1. The predicted molar refractivity (Wildman–Crippen MR) is 76.4 cm³/mol. The van der Waals surface area contributed by atoms with Crippen molar-refractivity contribution in [2.24, 2.45) is 0 Å². The number of benzene rings is 2. The molecular formula is C16H14F3NO2. The van der Waals surface area contributed by atoms with Gasteiger partial charge in [-0.15, -0.1) is 0 Å². The van der Waals surface area contributed by atoms with Crippen molar-refractivity contribution in [1.82, 2.24) is 0 Å². The molecule has 1 N–H and O–H groups in total. The van der Waals surface area contributed by atoms with E-state index in [4.69, 9.17) is 0 Å². The van der Waals surface area contributed by atoms with Crippen LogP contribution < -0.4 is 10.1 Å². The van der Waals surface area contributed by atoms with Gasteiger partial charge in [0.1, 0.15) is 11.6 Å². The van der Waals surface area contributed by atoms with Gasteiger partial charge in [-0.2, -0.15) is 8.78 Å². The van der Waals surface area contributed by atoms with Gasteiger partial charge in [0.25, 0.3) is 0 Å². The van der Waals surface area contributed by atoms with Crippen molar-refractivity contribution in [1.29, 1.82) is 0 Å². The maximum atomic E-state index is 13.4. The molecule has 0 aromatic heterocycles. The van der Waals surface area contributed by atoms with Crippen LogP contribution in [0.3, 0.4) is 0 Å². The van der Waals surface area contributed by atoms with Gasteiger partial charge in [0.2, 0.25) is 5.91 Å². The van der Waals surface area contributed by atoms with Crippen LogP contribution in [-0.4, -0.2) is 12.5 Å². The summed E-state index contributed by atoms with van der Waals surface area (Å²) in [6.45, 7) is -2.89. The summed E-state index contributed by atoms with van der Waals surface area (Å²) in [5.41, 5.74) is 0.929. The lowest BCUT2D eigenvalue weighted by molar-refractivity contribution is -0.116. The number of alkyl halides is 2. The maximum absolute atomic E-state index is 13.4. The number of hydrogen-bond acceptors (Lipinski definition) is 2. The topological polar surface area (TPSA) is 38.3 Å². The molecule has 2 aromatic carbocycles. The molecule has 2 aromatic rings. The lowest BCUT2D eigenvalue weighted by Crippen LogP contribution is -2.12. The Morgan fingerprint density at radius 3 is 2.41 bits per heavy atom. The molecule has 3 nitrogen and oxygen atoms in total. The molecule has 1 amide bonds. The van der Waals surface area contributed by atoms with Crippen LogP contribution in [0.5, 0.6) is 5.75 Å². The van der Waals surface area contributed by atoms with Crippen LogP contribution in [-0.2, 0) is 11.2 Å². The Morgan fingerprint density at radius 1 is 1.09 bits per heavy atom. The average molecular weight is 309 g/mol. The molecule has 0 atom stereocenters. The number of anilines is 1. The van der Waals surface area contributed by atoms with Gasteiger partial charge in [0.05, 0.1) is 0 Å². The molecule has 22 heavy (non-hydrogen) atoms. The summed E-state index contributed by atoms with van der Waals surface area (Å²) in [6, 6.07) is 11.8. The third-order valence-corrected chi connectivity index (χ3v) is 2.94. The first-order valence-electron chi connectivity index (χ1n) is 6.63. The smallest absolute Gasteiger partial charge is 0.387 e. The quantitative estimate of drug-likeness (QED) is 0.876. The molecule has 116 valence electrons. The number of aryl methyl sites for hydroxylation is 1. The Kier molecular flexibility index (Phi) is 5.41. The second-order valence-corrected chi connectivity index (χ2v) is 4.54. The van der Waals surface area contributed by atoms with Crippen molar-refractivity contribution in [2.75, 3.05) is 5.32 Å². The van der Waals surface area contributed by atoms with Crippen LogP contribution in [0.1, 0.15) is 12.0 Å². The highest BCUT2D eigenvalue weighted by atomic mass is 19.3. The number of nitrogens with one attached hydrogen (secondary N) is 1. The number of ether oxygens (including phenoxy) is 1. The van der Waals surface area contributed by atoms with E-state index in [1.165, 1.54) is 30.3 Å². The van der Waals surface area contributed by atoms with Crippen molar-refractivity contribution in [3.8, 4) is 5.75 Å². The van der Waals surface area contributed by atoms with Crippen molar-refractivity contribution >= 4 is 11.6 Å². The Morgan fingerprint density at radius 2 is 1.77 bits per heavy atom. The third-order valence-electron chi connectivity index (χ3n) is 2.94. The summed E-state index contributed by atoms with van der Waals surface area (Å²) in [5, 5.41) is 2.61. The second kappa shape index (κ2) is 7.49. The molecule has 6 heteroatoms. The first kappa shape index (κ1) is 15.9. The van der Waals surface area contributed by atoms with Crippen molar-refractivity contribution < 1.29 is 22.7 Å². The van der Waals surface area contributed by atoms with Crippen LogP contribution >= 0.6 is 0 Å². The lowest BCUT2D eigenvalue weighted by atomic mass is 10.1. The standard InChI is InChI=1S/C16H14F3NO2/c17-14-4-2-1-3-11(14)5-10-15(21)20-12-6-8-13(9-7-12)22-16(18)19/h1-4,6-9,16H,5,10H2,(H,20,21). The van der Waals surface area contributed by atoms with Gasteiger partial charge >= 0.3 is 6.61 Å². The van der Waals surface area contributed by atoms with Gasteiger partial charge in [-0.25, -0.2) is 4.39 Å². The fraction of sp³-hybridized carbons (Fsp3) is 0.188. The molecular weight excluding hydrogens is 295 g/mol. The molecule has 0 fully saturated rings. The van der Waals surface area contributed by atoms with Crippen molar-refractivity contribution in [3.63, 3.8) is 0 Å². The van der Waals surface area contributed by atoms with Crippen molar-refractivity contribution in [2.45, 2.75) is 19.5 Å². The first-order valence-corrected chi connectivity index (χ1v) is 6.63. The van der Waals surface area contributed by atoms with Crippen LogP contribution in [0.15, 0.2) is 48.5 Å². The fourth-order valence-corrected chi connectivity index (χ4v) is 1.89. The zero-order valence-electron chi connectivity index (χ0n) is 11.6. The molecule has 0 aliphatic rings. The largest absolute Gasteiger partial charge is 0.435 e. The summed E-state index contributed by atoms with van der Waals surface area (Å²) in [7, 11) is 0. The molecule has 0 unspecified atom stereocenters. The number of carbonyl (C=O) groups excluding carboxylic acids is 1. The molecule has 0 saturated heterocycles. The molecule has 0 heterocycles. The normalized spacial score (nSPS) is 10.5. The summed E-state index contributed by atoms with van der Waals surface area (Å²) < 4.78 is 41.6. The fourth-order valence-electron chi connectivity index (χ4n) is 1.89. The number of halogens is 3. The van der Waals surface area contributed by atoms with E-state index in [1.807, 2.05) is 0 Å². The maximum Gasteiger partial charge on any atom is 0.387 e. The molecule has 0 bridgehead atoms. The lowest BCUT2D eigenvalue weighted by Gasteiger charge is -2.08. The minimum absolute atomic E-state index is 0.0133. The van der Waals surface area contributed by atoms with E-state index < -0.39 is 6.61 Å². The highest BCUT2D eigenvalue weighted by Crippen LogP contribution is 2.18. The average Bonchev–Trinajstić information content (AvgIpc) is 2.48. The Hall–Kier alpha value is -2.50. The Labute approximate surface area is 125 Å². The highest BCUT2D eigenvalue weighted by molar-refractivity contribution is 5.90. The van der Waals surface area contributed by atoms with Gasteiger partial charge in [0.15, 0.2) is 0 Å². The van der Waals surface area contributed by atoms with Gasteiger partial charge < -0.3 is 10.1 Å².